The predicted molar refractivity (Wildman–Crippen MR) is 51.6 cm³/mol. The third-order valence-corrected chi connectivity index (χ3v) is 2.10. The standard InChI is InChI=1S/C8H10N2O2S/c1-12-6-3-2-4-7(5-6)13-10-8(9)11/h2-5H,1H3,(H3,9,10,11). The fourth-order valence-corrected chi connectivity index (χ4v) is 1.31. The Kier molecular flexibility index (Phi) is 3.45. The molecule has 0 aliphatic carbocycles. The molecular formula is C8H10N2O2S. The molecule has 0 aromatic heterocycles. The normalized spacial score (nSPS) is 9.31. The smallest absolute Gasteiger partial charge is 0.322 e. The van der Waals surface area contributed by atoms with Crippen LogP contribution in [0.1, 0.15) is 0 Å². The minimum absolute atomic E-state index is 0.562. The van der Waals surface area contributed by atoms with Crippen LogP contribution in [0, 0.1) is 0 Å². The van der Waals surface area contributed by atoms with E-state index in [0.717, 1.165) is 22.6 Å². The second-order valence-electron chi connectivity index (χ2n) is 2.25. The number of ether oxygens (including phenoxy) is 1. The summed E-state index contributed by atoms with van der Waals surface area (Å²) in [4.78, 5) is 11.3. The third-order valence-electron chi connectivity index (χ3n) is 1.31. The maximum atomic E-state index is 10.4. The highest BCUT2D eigenvalue weighted by Gasteiger charge is 1.97. The number of hydrogen-bond donors (Lipinski definition) is 2. The van der Waals surface area contributed by atoms with Crippen molar-refractivity contribution in [2.45, 2.75) is 4.90 Å². The van der Waals surface area contributed by atoms with Crippen molar-refractivity contribution >= 4 is 18.0 Å². The highest BCUT2D eigenvalue weighted by atomic mass is 32.2. The minimum Gasteiger partial charge on any atom is -0.497 e. The first-order chi connectivity index (χ1) is 6.22. The molecule has 0 fully saturated rings. The summed E-state index contributed by atoms with van der Waals surface area (Å²) in [5.41, 5.74) is 4.91. The van der Waals surface area contributed by atoms with E-state index in [1.165, 1.54) is 0 Å². The van der Waals surface area contributed by atoms with Crippen molar-refractivity contribution < 1.29 is 9.53 Å². The number of carbonyl (C=O) groups is 1. The molecule has 70 valence electrons. The third kappa shape index (κ3) is 3.25. The number of nitrogens with two attached hydrogens (primary N) is 1. The zero-order chi connectivity index (χ0) is 9.68. The molecule has 1 aromatic carbocycles. The summed E-state index contributed by atoms with van der Waals surface area (Å²) >= 11 is 1.15. The first kappa shape index (κ1) is 9.73. The monoisotopic (exact) mass is 198 g/mol. The maximum Gasteiger partial charge on any atom is 0.322 e. The molecule has 0 saturated heterocycles. The summed E-state index contributed by atoms with van der Waals surface area (Å²) in [7, 11) is 1.59. The van der Waals surface area contributed by atoms with Crippen LogP contribution in [0.5, 0.6) is 5.75 Å². The van der Waals surface area contributed by atoms with Gasteiger partial charge in [0.15, 0.2) is 0 Å². The van der Waals surface area contributed by atoms with Gasteiger partial charge in [-0.3, -0.25) is 4.72 Å². The number of rotatable bonds is 3. The van der Waals surface area contributed by atoms with Crippen molar-refractivity contribution in [2.24, 2.45) is 5.73 Å². The lowest BCUT2D eigenvalue weighted by Crippen LogP contribution is -2.22. The van der Waals surface area contributed by atoms with Gasteiger partial charge in [-0.15, -0.1) is 0 Å². The van der Waals surface area contributed by atoms with Gasteiger partial charge in [-0.1, -0.05) is 6.07 Å². The van der Waals surface area contributed by atoms with E-state index in [2.05, 4.69) is 4.72 Å². The van der Waals surface area contributed by atoms with Crippen LogP contribution in [-0.4, -0.2) is 13.1 Å². The zero-order valence-electron chi connectivity index (χ0n) is 7.11. The Morgan fingerprint density at radius 2 is 2.38 bits per heavy atom. The molecule has 13 heavy (non-hydrogen) atoms. The van der Waals surface area contributed by atoms with Crippen LogP contribution in [0.2, 0.25) is 0 Å². The lowest BCUT2D eigenvalue weighted by atomic mass is 10.3. The molecular weight excluding hydrogens is 188 g/mol. The van der Waals surface area contributed by atoms with Crippen LogP contribution < -0.4 is 15.2 Å². The Balaban J connectivity index is 2.61. The van der Waals surface area contributed by atoms with Gasteiger partial charge in [-0.25, -0.2) is 4.79 Å². The first-order valence-corrected chi connectivity index (χ1v) is 4.40. The van der Waals surface area contributed by atoms with Gasteiger partial charge in [-0.05, 0) is 30.1 Å². The second kappa shape index (κ2) is 4.61. The van der Waals surface area contributed by atoms with Crippen LogP contribution in [0.15, 0.2) is 29.2 Å². The highest BCUT2D eigenvalue weighted by Crippen LogP contribution is 2.19. The molecule has 5 heteroatoms. The molecule has 0 aliphatic rings. The first-order valence-electron chi connectivity index (χ1n) is 3.58. The lowest BCUT2D eigenvalue weighted by molar-refractivity contribution is 0.254. The molecule has 0 unspecified atom stereocenters. The molecule has 0 heterocycles. The van der Waals surface area contributed by atoms with E-state index in [-0.39, 0.29) is 0 Å². The zero-order valence-corrected chi connectivity index (χ0v) is 7.93. The molecule has 0 atom stereocenters. The number of hydrogen-bond acceptors (Lipinski definition) is 3. The van der Waals surface area contributed by atoms with Gasteiger partial charge in [0, 0.05) is 4.90 Å². The Bertz CT molecular complexity index is 304. The number of benzene rings is 1. The number of amides is 2. The quantitative estimate of drug-likeness (QED) is 0.721. The summed E-state index contributed by atoms with van der Waals surface area (Å²) in [6, 6.07) is 6.76. The minimum atomic E-state index is -0.562. The van der Waals surface area contributed by atoms with Gasteiger partial charge in [0.2, 0.25) is 0 Å². The lowest BCUT2D eigenvalue weighted by Gasteiger charge is -2.03. The summed E-state index contributed by atoms with van der Waals surface area (Å²) in [6.07, 6.45) is 0. The second-order valence-corrected chi connectivity index (χ2v) is 3.13. The molecule has 0 radical (unpaired) electrons. The summed E-state index contributed by atoms with van der Waals surface area (Å²) in [5, 5.41) is 0. The van der Waals surface area contributed by atoms with Crippen LogP contribution >= 0.6 is 11.9 Å². The topological polar surface area (TPSA) is 64.3 Å². The molecule has 0 bridgehead atoms. The van der Waals surface area contributed by atoms with Gasteiger partial charge >= 0.3 is 6.03 Å². The van der Waals surface area contributed by atoms with Crippen molar-refractivity contribution in [2.75, 3.05) is 7.11 Å². The van der Waals surface area contributed by atoms with E-state index in [1.807, 2.05) is 18.2 Å². The molecule has 0 spiro atoms. The summed E-state index contributed by atoms with van der Waals surface area (Å²) in [6.45, 7) is 0. The molecule has 0 aliphatic heterocycles. The van der Waals surface area contributed by atoms with Crippen molar-refractivity contribution in [3.8, 4) is 5.75 Å². The van der Waals surface area contributed by atoms with Crippen LogP contribution in [0.25, 0.3) is 0 Å². The van der Waals surface area contributed by atoms with E-state index in [4.69, 9.17) is 10.5 Å². The fourth-order valence-electron chi connectivity index (χ4n) is 0.774. The van der Waals surface area contributed by atoms with Gasteiger partial charge in [0.25, 0.3) is 0 Å². The fraction of sp³-hybridized carbons (Fsp3) is 0.125. The molecule has 3 N–H and O–H groups in total. The molecule has 1 rings (SSSR count). The predicted octanol–water partition coefficient (Wildman–Crippen LogP) is 1.37. The SMILES string of the molecule is COc1cccc(SNC(N)=O)c1. The van der Waals surface area contributed by atoms with Crippen molar-refractivity contribution in [3.05, 3.63) is 24.3 Å². The van der Waals surface area contributed by atoms with Gasteiger partial charge in [0.1, 0.15) is 5.75 Å². The summed E-state index contributed by atoms with van der Waals surface area (Å²) < 4.78 is 7.42. The van der Waals surface area contributed by atoms with Crippen molar-refractivity contribution in [1.82, 2.24) is 4.72 Å². The van der Waals surface area contributed by atoms with E-state index in [0.29, 0.717) is 0 Å². The molecule has 4 nitrogen and oxygen atoms in total. The maximum absolute atomic E-state index is 10.4. The number of primary amides is 1. The van der Waals surface area contributed by atoms with Crippen LogP contribution in [-0.2, 0) is 0 Å². The summed E-state index contributed by atoms with van der Waals surface area (Å²) in [5.74, 6) is 0.747. The Morgan fingerprint density at radius 3 is 3.00 bits per heavy atom. The van der Waals surface area contributed by atoms with Gasteiger partial charge in [0.05, 0.1) is 7.11 Å². The highest BCUT2D eigenvalue weighted by molar-refractivity contribution is 7.98. The largest absolute Gasteiger partial charge is 0.497 e. The number of urea groups is 1. The average molecular weight is 198 g/mol. The van der Waals surface area contributed by atoms with Gasteiger partial charge in [-0.2, -0.15) is 0 Å². The molecule has 0 saturated carbocycles. The Morgan fingerprint density at radius 1 is 1.62 bits per heavy atom. The average Bonchev–Trinajstić information content (AvgIpc) is 2.15. The van der Waals surface area contributed by atoms with Crippen molar-refractivity contribution in [3.63, 3.8) is 0 Å². The van der Waals surface area contributed by atoms with E-state index in [9.17, 15) is 4.79 Å². The number of methoxy groups -OCH3 is 1. The van der Waals surface area contributed by atoms with Crippen LogP contribution in [0.4, 0.5) is 4.79 Å². The molecule has 1 aromatic rings. The van der Waals surface area contributed by atoms with Gasteiger partial charge < -0.3 is 10.5 Å². The van der Waals surface area contributed by atoms with E-state index >= 15 is 0 Å². The number of nitrogens with one attached hydrogen (secondary N) is 1. The Hall–Kier alpha value is -1.36. The van der Waals surface area contributed by atoms with E-state index in [1.54, 1.807) is 13.2 Å². The van der Waals surface area contributed by atoms with E-state index < -0.39 is 6.03 Å². The Labute approximate surface area is 80.6 Å². The number of carbonyl (C=O) groups excluding carboxylic acids is 1. The van der Waals surface area contributed by atoms with Crippen LogP contribution in [0.3, 0.4) is 0 Å². The van der Waals surface area contributed by atoms with Crippen molar-refractivity contribution in [1.29, 1.82) is 0 Å². The molecule has 2 amide bonds.